The molecule has 2 heterocycles. The van der Waals surface area contributed by atoms with Gasteiger partial charge in [-0.3, -0.25) is 10.1 Å². The first-order valence-corrected chi connectivity index (χ1v) is 6.34. The van der Waals surface area contributed by atoms with Crippen LogP contribution in [-0.4, -0.2) is 14.7 Å². The molecule has 6 nitrogen and oxygen atoms in total. The second-order valence-electron chi connectivity index (χ2n) is 4.64. The van der Waals surface area contributed by atoms with Gasteiger partial charge >= 0.3 is 0 Å². The van der Waals surface area contributed by atoms with Crippen molar-refractivity contribution in [1.29, 1.82) is 0 Å². The first kappa shape index (κ1) is 11.7. The smallest absolute Gasteiger partial charge is 0.273 e. The average molecular weight is 279 g/mol. The van der Waals surface area contributed by atoms with Crippen LogP contribution >= 0.6 is 0 Å². The quantitative estimate of drug-likeness (QED) is 0.394. The molecule has 0 amide bonds. The highest BCUT2D eigenvalue weighted by molar-refractivity contribution is 5.73. The lowest BCUT2D eigenvalue weighted by Gasteiger charge is -2.08. The lowest BCUT2D eigenvalue weighted by molar-refractivity contribution is -0.384. The van der Waals surface area contributed by atoms with Gasteiger partial charge in [-0.1, -0.05) is 12.1 Å². The number of benzene rings is 2. The number of non-ortho nitro benzene ring substituents is 1. The number of para-hydroxylation sites is 1. The van der Waals surface area contributed by atoms with E-state index in [1.54, 1.807) is 16.9 Å². The van der Waals surface area contributed by atoms with Crippen LogP contribution in [0.2, 0.25) is 0 Å². The molecule has 0 saturated carbocycles. The highest BCUT2D eigenvalue weighted by Gasteiger charge is 2.22. The average Bonchev–Trinajstić information content (AvgIpc) is 2.92. The van der Waals surface area contributed by atoms with E-state index in [1.807, 2.05) is 30.3 Å². The number of fused-ring (bicyclic) bond motifs is 5. The van der Waals surface area contributed by atoms with Gasteiger partial charge in [0, 0.05) is 11.6 Å². The van der Waals surface area contributed by atoms with E-state index in [4.69, 9.17) is 4.74 Å². The summed E-state index contributed by atoms with van der Waals surface area (Å²) in [5.41, 5.74) is 2.45. The van der Waals surface area contributed by atoms with Gasteiger partial charge in [-0.05, 0) is 24.3 Å². The standard InChI is InChI=1S/C15H9N3O3/c19-18(20)10-5-6-13-15(9-10)21-14-4-2-1-3-11(14)12-7-8-16-17(12)13/h1-9H. The lowest BCUT2D eigenvalue weighted by atomic mass is 10.1. The maximum atomic E-state index is 10.9. The molecule has 6 heteroatoms. The van der Waals surface area contributed by atoms with Crippen LogP contribution in [0.4, 0.5) is 5.69 Å². The summed E-state index contributed by atoms with van der Waals surface area (Å²) >= 11 is 0. The molecule has 0 bridgehead atoms. The molecule has 0 fully saturated rings. The Morgan fingerprint density at radius 1 is 1.10 bits per heavy atom. The van der Waals surface area contributed by atoms with E-state index in [0.717, 1.165) is 11.3 Å². The third-order valence-corrected chi connectivity index (χ3v) is 3.41. The number of ether oxygens (including phenoxy) is 1. The zero-order valence-corrected chi connectivity index (χ0v) is 10.8. The Hall–Kier alpha value is -3.15. The van der Waals surface area contributed by atoms with E-state index in [-0.39, 0.29) is 5.69 Å². The van der Waals surface area contributed by atoms with Gasteiger partial charge < -0.3 is 4.74 Å². The second kappa shape index (κ2) is 4.17. The van der Waals surface area contributed by atoms with Crippen LogP contribution in [0.15, 0.2) is 54.7 Å². The van der Waals surface area contributed by atoms with Crippen LogP contribution in [-0.2, 0) is 0 Å². The van der Waals surface area contributed by atoms with Crippen molar-refractivity contribution in [1.82, 2.24) is 9.78 Å². The van der Waals surface area contributed by atoms with Crippen molar-refractivity contribution < 1.29 is 9.66 Å². The lowest BCUT2D eigenvalue weighted by Crippen LogP contribution is -1.99. The molecule has 1 aliphatic rings. The van der Waals surface area contributed by atoms with Crippen LogP contribution in [0.1, 0.15) is 0 Å². The fourth-order valence-corrected chi connectivity index (χ4v) is 2.46. The molecule has 3 aromatic rings. The summed E-state index contributed by atoms with van der Waals surface area (Å²) in [7, 11) is 0. The topological polar surface area (TPSA) is 70.2 Å². The summed E-state index contributed by atoms with van der Waals surface area (Å²) in [4.78, 5) is 10.5. The Balaban J connectivity index is 2.03. The number of aromatic nitrogens is 2. The first-order valence-electron chi connectivity index (χ1n) is 6.34. The van der Waals surface area contributed by atoms with Gasteiger partial charge in [-0.15, -0.1) is 0 Å². The second-order valence-corrected chi connectivity index (χ2v) is 4.64. The number of nitrogens with zero attached hydrogens (tertiary/aromatic N) is 3. The molecule has 0 saturated heterocycles. The zero-order valence-electron chi connectivity index (χ0n) is 10.8. The van der Waals surface area contributed by atoms with Crippen LogP contribution in [0, 0.1) is 10.1 Å². The predicted octanol–water partition coefficient (Wildman–Crippen LogP) is 3.55. The van der Waals surface area contributed by atoms with Gasteiger partial charge in [0.15, 0.2) is 5.75 Å². The van der Waals surface area contributed by atoms with Gasteiger partial charge in [0.05, 0.1) is 22.9 Å². The minimum Gasteiger partial charge on any atom is -0.454 e. The molecule has 0 spiro atoms. The molecule has 1 aromatic heterocycles. The molecule has 0 radical (unpaired) electrons. The van der Waals surface area contributed by atoms with Crippen LogP contribution < -0.4 is 4.74 Å². The van der Waals surface area contributed by atoms with E-state index in [0.29, 0.717) is 17.2 Å². The van der Waals surface area contributed by atoms with Gasteiger partial charge in [0.2, 0.25) is 0 Å². The van der Waals surface area contributed by atoms with E-state index in [2.05, 4.69) is 5.10 Å². The van der Waals surface area contributed by atoms with Crippen molar-refractivity contribution in [2.45, 2.75) is 0 Å². The van der Waals surface area contributed by atoms with Crippen LogP contribution in [0.25, 0.3) is 16.9 Å². The van der Waals surface area contributed by atoms with E-state index < -0.39 is 4.92 Å². The maximum Gasteiger partial charge on any atom is 0.273 e. The summed E-state index contributed by atoms with van der Waals surface area (Å²) in [6.07, 6.45) is 1.70. The molecule has 4 rings (SSSR count). The first-order chi connectivity index (χ1) is 10.2. The molecule has 2 aromatic carbocycles. The Morgan fingerprint density at radius 2 is 1.95 bits per heavy atom. The third kappa shape index (κ3) is 1.69. The molecule has 21 heavy (non-hydrogen) atoms. The predicted molar refractivity (Wildman–Crippen MR) is 75.7 cm³/mol. The normalized spacial score (nSPS) is 11.6. The summed E-state index contributed by atoms with van der Waals surface area (Å²) in [5.74, 6) is 1.07. The Kier molecular flexibility index (Phi) is 2.32. The number of nitro groups is 1. The van der Waals surface area contributed by atoms with E-state index in [9.17, 15) is 10.1 Å². The van der Waals surface area contributed by atoms with E-state index >= 15 is 0 Å². The van der Waals surface area contributed by atoms with Crippen molar-refractivity contribution in [3.8, 4) is 28.4 Å². The van der Waals surface area contributed by atoms with Gasteiger partial charge in [-0.25, -0.2) is 4.68 Å². The molecule has 102 valence electrons. The third-order valence-electron chi connectivity index (χ3n) is 3.41. The van der Waals surface area contributed by atoms with Crippen molar-refractivity contribution in [3.05, 3.63) is 64.8 Å². The monoisotopic (exact) mass is 279 g/mol. The maximum absolute atomic E-state index is 10.9. The summed E-state index contributed by atoms with van der Waals surface area (Å²) in [6.45, 7) is 0. The molecular formula is C15H9N3O3. The van der Waals surface area contributed by atoms with Crippen LogP contribution in [0.5, 0.6) is 11.5 Å². The van der Waals surface area contributed by atoms with Crippen molar-refractivity contribution >= 4 is 5.69 Å². The molecule has 0 atom stereocenters. The summed E-state index contributed by atoms with van der Waals surface area (Å²) < 4.78 is 7.60. The fraction of sp³-hybridized carbons (Fsp3) is 0. The number of hydrogen-bond acceptors (Lipinski definition) is 4. The molecule has 0 N–H and O–H groups in total. The van der Waals surface area contributed by atoms with Gasteiger partial charge in [0.25, 0.3) is 5.69 Å². The molecule has 0 aliphatic carbocycles. The van der Waals surface area contributed by atoms with Crippen LogP contribution in [0.3, 0.4) is 0 Å². The SMILES string of the molecule is O=[N+]([O-])c1ccc2c(c1)Oc1ccccc1-c1ccnn1-2. The Labute approximate surface area is 119 Å². The minimum atomic E-state index is -0.440. The van der Waals surface area contributed by atoms with E-state index in [1.165, 1.54) is 12.1 Å². The zero-order chi connectivity index (χ0) is 14.4. The number of nitro benzene ring substituents is 1. The molecule has 1 aliphatic heterocycles. The molecule has 0 unspecified atom stereocenters. The molecular weight excluding hydrogens is 270 g/mol. The Morgan fingerprint density at radius 3 is 2.81 bits per heavy atom. The number of rotatable bonds is 1. The summed E-state index contributed by atoms with van der Waals surface area (Å²) in [5, 5.41) is 15.2. The fourth-order valence-electron chi connectivity index (χ4n) is 2.46. The van der Waals surface area contributed by atoms with Gasteiger partial charge in [-0.2, -0.15) is 5.10 Å². The highest BCUT2D eigenvalue weighted by Crippen LogP contribution is 2.41. The van der Waals surface area contributed by atoms with Crippen molar-refractivity contribution in [2.24, 2.45) is 0 Å². The highest BCUT2D eigenvalue weighted by atomic mass is 16.6. The van der Waals surface area contributed by atoms with Crippen molar-refractivity contribution in [3.63, 3.8) is 0 Å². The Bertz CT molecular complexity index is 870. The summed E-state index contributed by atoms with van der Waals surface area (Å²) in [6, 6.07) is 13.9. The minimum absolute atomic E-state index is 0.0122. The number of hydrogen-bond donors (Lipinski definition) is 0. The van der Waals surface area contributed by atoms with Gasteiger partial charge in [0.1, 0.15) is 11.4 Å². The van der Waals surface area contributed by atoms with Crippen molar-refractivity contribution in [2.75, 3.05) is 0 Å². The largest absolute Gasteiger partial charge is 0.454 e.